The fraction of sp³-hybridized carbons (Fsp3) is 0.818. The van der Waals surface area contributed by atoms with Crippen molar-refractivity contribution in [1.29, 1.82) is 0 Å². The second kappa shape index (κ2) is 7.68. The fourth-order valence-corrected chi connectivity index (χ4v) is 1.48. The van der Waals surface area contributed by atoms with E-state index in [0.29, 0.717) is 6.04 Å². The van der Waals surface area contributed by atoms with Crippen LogP contribution >= 0.6 is 0 Å². The fourth-order valence-electron chi connectivity index (χ4n) is 1.48. The monoisotopic (exact) mass is 199 g/mol. The molecule has 2 N–H and O–H groups in total. The number of ketones is 2. The van der Waals surface area contributed by atoms with Gasteiger partial charge in [0.2, 0.25) is 0 Å². The smallest absolute Gasteiger partial charge is 0.137 e. The Labute approximate surface area is 86.1 Å². The van der Waals surface area contributed by atoms with E-state index in [2.05, 4.69) is 0 Å². The van der Waals surface area contributed by atoms with E-state index < -0.39 is 0 Å². The van der Waals surface area contributed by atoms with Crippen LogP contribution in [0, 0.1) is 0 Å². The van der Waals surface area contributed by atoms with Crippen LogP contribution in [-0.2, 0) is 9.59 Å². The highest BCUT2D eigenvalue weighted by Gasteiger charge is 2.06. The van der Waals surface area contributed by atoms with Crippen LogP contribution in [0.5, 0.6) is 0 Å². The molecule has 1 aliphatic carbocycles. The summed E-state index contributed by atoms with van der Waals surface area (Å²) in [6, 6.07) is 0.536. The minimum atomic E-state index is -0.0625. The van der Waals surface area contributed by atoms with Crippen molar-refractivity contribution in [2.75, 3.05) is 0 Å². The van der Waals surface area contributed by atoms with Gasteiger partial charge in [-0.25, -0.2) is 0 Å². The van der Waals surface area contributed by atoms with Crippen molar-refractivity contribution in [2.24, 2.45) is 5.73 Å². The van der Waals surface area contributed by atoms with Crippen molar-refractivity contribution >= 4 is 11.6 Å². The Morgan fingerprint density at radius 3 is 1.64 bits per heavy atom. The van der Waals surface area contributed by atoms with Crippen LogP contribution in [-0.4, -0.2) is 17.6 Å². The van der Waals surface area contributed by atoms with Gasteiger partial charge in [0, 0.05) is 6.04 Å². The molecule has 0 bridgehead atoms. The summed E-state index contributed by atoms with van der Waals surface area (Å²) in [7, 11) is 0. The average Bonchev–Trinajstić information content (AvgIpc) is 2.03. The number of Topliss-reactive ketones (excluding diaryl/α,β-unsaturated/α-hetero) is 2. The van der Waals surface area contributed by atoms with Gasteiger partial charge in [-0.2, -0.15) is 0 Å². The van der Waals surface area contributed by atoms with E-state index in [1.807, 2.05) is 0 Å². The summed E-state index contributed by atoms with van der Waals surface area (Å²) in [4.78, 5) is 20.1. The minimum Gasteiger partial charge on any atom is -0.328 e. The lowest BCUT2D eigenvalue weighted by molar-refractivity contribution is -0.124. The van der Waals surface area contributed by atoms with Crippen LogP contribution < -0.4 is 5.73 Å². The predicted molar refractivity (Wildman–Crippen MR) is 57.0 cm³/mol. The van der Waals surface area contributed by atoms with Gasteiger partial charge in [0.05, 0.1) is 6.42 Å². The maximum atomic E-state index is 10.0. The summed E-state index contributed by atoms with van der Waals surface area (Å²) in [5.41, 5.74) is 5.63. The number of carbonyl (C=O) groups excluding carboxylic acids is 2. The molecular formula is C11H21NO2. The topological polar surface area (TPSA) is 60.2 Å². The Balaban J connectivity index is 0.000000241. The van der Waals surface area contributed by atoms with Gasteiger partial charge in [0.15, 0.2) is 0 Å². The molecule has 0 aromatic rings. The van der Waals surface area contributed by atoms with E-state index in [0.717, 1.165) is 0 Å². The van der Waals surface area contributed by atoms with Gasteiger partial charge in [-0.3, -0.25) is 9.59 Å². The van der Waals surface area contributed by atoms with Gasteiger partial charge in [-0.05, 0) is 26.7 Å². The van der Waals surface area contributed by atoms with Crippen LogP contribution in [0.3, 0.4) is 0 Å². The van der Waals surface area contributed by atoms with Crippen LogP contribution in [0.15, 0.2) is 0 Å². The Hall–Kier alpha value is -0.700. The van der Waals surface area contributed by atoms with Crippen molar-refractivity contribution in [1.82, 2.24) is 0 Å². The first kappa shape index (κ1) is 13.3. The first-order valence-electron chi connectivity index (χ1n) is 5.27. The summed E-state index contributed by atoms with van der Waals surface area (Å²) < 4.78 is 0. The van der Waals surface area contributed by atoms with E-state index in [-0.39, 0.29) is 18.0 Å². The molecule has 1 aliphatic rings. The molecule has 1 fully saturated rings. The maximum Gasteiger partial charge on any atom is 0.137 e. The Morgan fingerprint density at radius 1 is 1.07 bits per heavy atom. The zero-order valence-electron chi connectivity index (χ0n) is 9.21. The largest absolute Gasteiger partial charge is 0.328 e. The summed E-state index contributed by atoms with van der Waals surface area (Å²) >= 11 is 0. The Kier molecular flexibility index (Phi) is 7.30. The van der Waals surface area contributed by atoms with E-state index in [1.165, 1.54) is 46.0 Å². The first-order chi connectivity index (χ1) is 6.52. The number of nitrogens with two attached hydrogens (primary N) is 1. The minimum absolute atomic E-state index is 0.0625. The van der Waals surface area contributed by atoms with Gasteiger partial charge >= 0.3 is 0 Å². The molecule has 0 unspecified atom stereocenters. The zero-order chi connectivity index (χ0) is 11.0. The molecular weight excluding hydrogens is 178 g/mol. The maximum absolute atomic E-state index is 10.0. The molecule has 0 radical (unpaired) electrons. The molecule has 0 aliphatic heterocycles. The average molecular weight is 199 g/mol. The molecule has 0 spiro atoms. The van der Waals surface area contributed by atoms with Crippen LogP contribution in [0.25, 0.3) is 0 Å². The SMILES string of the molecule is CC(=O)CC(C)=O.NC1CCCCC1. The van der Waals surface area contributed by atoms with Crippen molar-refractivity contribution < 1.29 is 9.59 Å². The summed E-state index contributed by atoms with van der Waals surface area (Å²) in [6.45, 7) is 2.81. The number of hydrogen-bond donors (Lipinski definition) is 1. The lowest BCUT2D eigenvalue weighted by atomic mass is 9.97. The zero-order valence-corrected chi connectivity index (χ0v) is 9.21. The van der Waals surface area contributed by atoms with Crippen molar-refractivity contribution in [3.05, 3.63) is 0 Å². The van der Waals surface area contributed by atoms with Gasteiger partial charge < -0.3 is 5.73 Å². The Bertz CT molecular complexity index is 172. The molecule has 1 rings (SSSR count). The summed E-state index contributed by atoms with van der Waals surface area (Å²) in [5, 5.41) is 0. The van der Waals surface area contributed by atoms with Gasteiger partial charge in [0.25, 0.3) is 0 Å². The van der Waals surface area contributed by atoms with Crippen LogP contribution in [0.2, 0.25) is 0 Å². The highest BCUT2D eigenvalue weighted by Crippen LogP contribution is 2.14. The summed E-state index contributed by atoms with van der Waals surface area (Å²) in [5.74, 6) is -0.125. The highest BCUT2D eigenvalue weighted by molar-refractivity contribution is 5.96. The highest BCUT2D eigenvalue weighted by atomic mass is 16.1. The predicted octanol–water partition coefficient (Wildman–Crippen LogP) is 1.83. The molecule has 3 heteroatoms. The molecule has 3 nitrogen and oxygen atoms in total. The van der Waals surface area contributed by atoms with Crippen molar-refractivity contribution in [2.45, 2.75) is 58.4 Å². The lowest BCUT2D eigenvalue weighted by Crippen LogP contribution is -2.22. The standard InChI is InChI=1S/C6H13N.C5H8O2/c7-6-4-2-1-3-5-6;1-4(6)3-5(2)7/h6H,1-5,7H2;3H2,1-2H3. The van der Waals surface area contributed by atoms with Gasteiger partial charge in [-0.15, -0.1) is 0 Å². The molecule has 0 aromatic carbocycles. The number of rotatable bonds is 2. The third-order valence-corrected chi connectivity index (χ3v) is 2.15. The molecule has 14 heavy (non-hydrogen) atoms. The molecule has 1 saturated carbocycles. The summed E-state index contributed by atoms with van der Waals surface area (Å²) in [6.07, 6.45) is 6.75. The second-order valence-corrected chi connectivity index (χ2v) is 3.98. The molecule has 0 atom stereocenters. The first-order valence-corrected chi connectivity index (χ1v) is 5.27. The van der Waals surface area contributed by atoms with E-state index >= 15 is 0 Å². The van der Waals surface area contributed by atoms with Crippen LogP contribution in [0.1, 0.15) is 52.4 Å². The lowest BCUT2D eigenvalue weighted by Gasteiger charge is -2.15. The number of hydrogen-bond acceptors (Lipinski definition) is 3. The van der Waals surface area contributed by atoms with Crippen molar-refractivity contribution in [3.8, 4) is 0 Å². The molecule has 0 amide bonds. The second-order valence-electron chi connectivity index (χ2n) is 3.98. The van der Waals surface area contributed by atoms with Crippen LogP contribution in [0.4, 0.5) is 0 Å². The van der Waals surface area contributed by atoms with E-state index in [9.17, 15) is 9.59 Å². The Morgan fingerprint density at radius 2 is 1.50 bits per heavy atom. The molecule has 0 heterocycles. The third kappa shape index (κ3) is 9.39. The number of carbonyl (C=O) groups is 2. The molecule has 82 valence electrons. The van der Waals surface area contributed by atoms with Gasteiger partial charge in [0.1, 0.15) is 11.6 Å². The third-order valence-electron chi connectivity index (χ3n) is 2.15. The quantitative estimate of drug-likeness (QED) is 0.690. The van der Waals surface area contributed by atoms with Gasteiger partial charge in [-0.1, -0.05) is 19.3 Å². The van der Waals surface area contributed by atoms with E-state index in [1.54, 1.807) is 0 Å². The molecule has 0 aromatic heterocycles. The van der Waals surface area contributed by atoms with Crippen molar-refractivity contribution in [3.63, 3.8) is 0 Å². The van der Waals surface area contributed by atoms with E-state index in [4.69, 9.17) is 5.73 Å². The molecule has 0 saturated heterocycles. The normalized spacial score (nSPS) is 16.8.